The van der Waals surface area contributed by atoms with Crippen LogP contribution >= 0.6 is 11.8 Å². The molecule has 0 spiro atoms. The van der Waals surface area contributed by atoms with Gasteiger partial charge in [0.15, 0.2) is 5.78 Å². The molecule has 126 valence electrons. The molecule has 1 aliphatic carbocycles. The van der Waals surface area contributed by atoms with Crippen molar-refractivity contribution < 1.29 is 22.7 Å². The summed E-state index contributed by atoms with van der Waals surface area (Å²) in [6, 6.07) is 4.85. The Morgan fingerprint density at radius 2 is 2.13 bits per heavy atom. The predicted octanol–water partition coefficient (Wildman–Crippen LogP) is 3.70. The second-order valence-corrected chi connectivity index (χ2v) is 6.31. The van der Waals surface area contributed by atoms with Crippen molar-refractivity contribution in [3.63, 3.8) is 0 Å². The van der Waals surface area contributed by atoms with E-state index in [-0.39, 0.29) is 11.3 Å². The van der Waals surface area contributed by atoms with Gasteiger partial charge in [-0.2, -0.15) is 13.2 Å². The molecule has 1 aliphatic rings. The van der Waals surface area contributed by atoms with Gasteiger partial charge in [-0.05, 0) is 23.4 Å². The van der Waals surface area contributed by atoms with Crippen LogP contribution in [0.15, 0.2) is 30.0 Å². The van der Waals surface area contributed by atoms with E-state index in [1.165, 1.54) is 19.2 Å². The van der Waals surface area contributed by atoms with Crippen LogP contribution < -0.4 is 5.32 Å². The summed E-state index contributed by atoms with van der Waals surface area (Å²) in [5.41, 5.74) is 0.439. The first-order valence-corrected chi connectivity index (χ1v) is 8.33. The van der Waals surface area contributed by atoms with Gasteiger partial charge in [0.25, 0.3) is 0 Å². The Labute approximate surface area is 137 Å². The molecule has 3 nitrogen and oxygen atoms in total. The average molecular weight is 345 g/mol. The summed E-state index contributed by atoms with van der Waals surface area (Å²) < 4.78 is 43.8. The van der Waals surface area contributed by atoms with Crippen LogP contribution in [0.3, 0.4) is 0 Å². The number of methoxy groups -OCH3 is 1. The van der Waals surface area contributed by atoms with Crippen molar-refractivity contribution in [3.05, 3.63) is 41.1 Å². The van der Waals surface area contributed by atoms with Crippen molar-refractivity contribution in [2.45, 2.75) is 25.6 Å². The third kappa shape index (κ3) is 4.09. The number of alkyl halides is 3. The smallest absolute Gasteiger partial charge is 0.379 e. The van der Waals surface area contributed by atoms with Gasteiger partial charge in [-0.25, -0.2) is 0 Å². The molecule has 0 saturated carbocycles. The molecule has 1 aromatic carbocycles. The SMILES string of the molecule is CCSCNC1=C(c2cccc(C(F)(F)F)c2)C(=O)C(OC)C1. The molecule has 1 atom stereocenters. The minimum Gasteiger partial charge on any atom is -0.379 e. The van der Waals surface area contributed by atoms with Crippen molar-refractivity contribution in [2.24, 2.45) is 0 Å². The minimum absolute atomic E-state index is 0.272. The Morgan fingerprint density at radius 1 is 1.39 bits per heavy atom. The monoisotopic (exact) mass is 345 g/mol. The molecule has 1 unspecified atom stereocenters. The maximum atomic E-state index is 12.9. The van der Waals surface area contributed by atoms with Crippen molar-refractivity contribution in [2.75, 3.05) is 18.7 Å². The zero-order valence-corrected chi connectivity index (χ0v) is 13.7. The zero-order chi connectivity index (χ0) is 17.0. The molecule has 0 bridgehead atoms. The van der Waals surface area contributed by atoms with E-state index in [0.29, 0.717) is 23.6 Å². The Balaban J connectivity index is 2.38. The standard InChI is InChI=1S/C16H18F3NO2S/c1-3-23-9-20-12-8-13(22-2)15(21)14(12)10-5-4-6-11(7-10)16(17,18)19/h4-7,13,20H,3,8-9H2,1-2H3. The number of benzene rings is 1. The summed E-state index contributed by atoms with van der Waals surface area (Å²) in [4.78, 5) is 12.4. The first-order chi connectivity index (χ1) is 10.9. The second kappa shape index (κ2) is 7.40. The van der Waals surface area contributed by atoms with Gasteiger partial charge in [-0.1, -0.05) is 19.1 Å². The van der Waals surface area contributed by atoms with E-state index in [4.69, 9.17) is 4.74 Å². The van der Waals surface area contributed by atoms with Gasteiger partial charge in [0.2, 0.25) is 0 Å². The van der Waals surface area contributed by atoms with Crippen LogP contribution in [0.4, 0.5) is 13.2 Å². The minimum atomic E-state index is -4.44. The highest BCUT2D eigenvalue weighted by Gasteiger charge is 2.36. The van der Waals surface area contributed by atoms with Crippen LogP contribution in [0, 0.1) is 0 Å². The maximum absolute atomic E-state index is 12.9. The number of thioether (sulfide) groups is 1. The van der Waals surface area contributed by atoms with E-state index in [2.05, 4.69) is 5.32 Å². The Kier molecular flexibility index (Phi) is 5.75. The molecule has 0 heterocycles. The van der Waals surface area contributed by atoms with Crippen LogP contribution in [-0.4, -0.2) is 30.6 Å². The number of carbonyl (C=O) groups excluding carboxylic acids is 1. The number of Topliss-reactive ketones (excluding diaryl/α,β-unsaturated/α-hetero) is 1. The number of nitrogens with one attached hydrogen (secondary N) is 1. The summed E-state index contributed by atoms with van der Waals surface area (Å²) >= 11 is 1.63. The van der Waals surface area contributed by atoms with Crippen molar-refractivity contribution in [1.82, 2.24) is 5.32 Å². The molecule has 2 rings (SSSR count). The molecule has 0 amide bonds. The van der Waals surface area contributed by atoms with E-state index in [9.17, 15) is 18.0 Å². The van der Waals surface area contributed by atoms with Crippen LogP contribution in [-0.2, 0) is 15.7 Å². The summed E-state index contributed by atoms with van der Waals surface area (Å²) in [7, 11) is 1.43. The van der Waals surface area contributed by atoms with Crippen LogP contribution in [0.1, 0.15) is 24.5 Å². The highest BCUT2D eigenvalue weighted by Crippen LogP contribution is 2.35. The van der Waals surface area contributed by atoms with E-state index >= 15 is 0 Å². The highest BCUT2D eigenvalue weighted by atomic mass is 32.2. The van der Waals surface area contributed by atoms with Crippen LogP contribution in [0.5, 0.6) is 0 Å². The number of rotatable bonds is 6. The number of ether oxygens (including phenoxy) is 1. The van der Waals surface area contributed by atoms with E-state index in [1.54, 1.807) is 11.8 Å². The summed E-state index contributed by atoms with van der Waals surface area (Å²) in [6.45, 7) is 2.01. The molecule has 1 N–H and O–H groups in total. The predicted molar refractivity (Wildman–Crippen MR) is 84.9 cm³/mol. The quantitative estimate of drug-likeness (QED) is 0.630. The van der Waals surface area contributed by atoms with E-state index in [1.807, 2.05) is 6.92 Å². The lowest BCUT2D eigenvalue weighted by Gasteiger charge is -2.11. The van der Waals surface area contributed by atoms with Crippen LogP contribution in [0.2, 0.25) is 0 Å². The van der Waals surface area contributed by atoms with Crippen molar-refractivity contribution >= 4 is 23.1 Å². The summed E-state index contributed by atoms with van der Waals surface area (Å²) in [5, 5.41) is 3.14. The molecule has 0 radical (unpaired) electrons. The first-order valence-electron chi connectivity index (χ1n) is 7.17. The molecule has 23 heavy (non-hydrogen) atoms. The fourth-order valence-electron chi connectivity index (χ4n) is 2.45. The fourth-order valence-corrected chi connectivity index (χ4v) is 2.93. The van der Waals surface area contributed by atoms with E-state index < -0.39 is 17.8 Å². The van der Waals surface area contributed by atoms with Crippen molar-refractivity contribution in [3.8, 4) is 0 Å². The van der Waals surface area contributed by atoms with Crippen molar-refractivity contribution in [1.29, 1.82) is 0 Å². The third-order valence-corrected chi connectivity index (χ3v) is 4.34. The third-order valence-electron chi connectivity index (χ3n) is 3.58. The molecular formula is C16H18F3NO2S. The second-order valence-electron chi connectivity index (χ2n) is 5.04. The Bertz CT molecular complexity index is 614. The Hall–Kier alpha value is -1.47. The fraction of sp³-hybridized carbons (Fsp3) is 0.438. The average Bonchev–Trinajstić information content (AvgIpc) is 2.83. The normalized spacial score (nSPS) is 18.7. The lowest BCUT2D eigenvalue weighted by Crippen LogP contribution is -2.18. The molecule has 0 aliphatic heterocycles. The van der Waals surface area contributed by atoms with Crippen LogP contribution in [0.25, 0.3) is 5.57 Å². The Morgan fingerprint density at radius 3 is 2.74 bits per heavy atom. The molecule has 0 fully saturated rings. The van der Waals surface area contributed by atoms with E-state index in [0.717, 1.165) is 17.9 Å². The van der Waals surface area contributed by atoms with Gasteiger partial charge in [0.05, 0.1) is 11.4 Å². The maximum Gasteiger partial charge on any atom is 0.416 e. The largest absolute Gasteiger partial charge is 0.416 e. The lowest BCUT2D eigenvalue weighted by atomic mass is 10.0. The highest BCUT2D eigenvalue weighted by molar-refractivity contribution is 7.99. The van der Waals surface area contributed by atoms with Gasteiger partial charge in [0.1, 0.15) is 6.10 Å². The van der Waals surface area contributed by atoms with Gasteiger partial charge in [0, 0.05) is 24.8 Å². The van der Waals surface area contributed by atoms with Gasteiger partial charge in [-0.15, -0.1) is 11.8 Å². The molecule has 0 saturated heterocycles. The lowest BCUT2D eigenvalue weighted by molar-refractivity contribution is -0.137. The number of hydrogen-bond donors (Lipinski definition) is 1. The number of hydrogen-bond acceptors (Lipinski definition) is 4. The van der Waals surface area contributed by atoms with Gasteiger partial charge < -0.3 is 10.1 Å². The first kappa shape index (κ1) is 17.9. The number of carbonyl (C=O) groups is 1. The van der Waals surface area contributed by atoms with Gasteiger partial charge >= 0.3 is 6.18 Å². The number of halogens is 3. The summed E-state index contributed by atoms with van der Waals surface area (Å²) in [6.07, 6.45) is -4.73. The molecular weight excluding hydrogens is 327 g/mol. The number of ketones is 1. The topological polar surface area (TPSA) is 38.3 Å². The van der Waals surface area contributed by atoms with Gasteiger partial charge in [-0.3, -0.25) is 4.79 Å². The summed E-state index contributed by atoms with van der Waals surface area (Å²) in [5.74, 6) is 1.22. The molecule has 0 aromatic heterocycles. The molecule has 7 heteroatoms. The zero-order valence-electron chi connectivity index (χ0n) is 12.9. The molecule has 1 aromatic rings.